The van der Waals surface area contributed by atoms with Crippen LogP contribution < -0.4 is 9.47 Å². The van der Waals surface area contributed by atoms with E-state index in [9.17, 15) is 10.2 Å². The molecule has 0 bridgehead atoms. The molecule has 2 N–H and O–H groups in total. The lowest BCUT2D eigenvalue weighted by molar-refractivity contribution is 0.236. The van der Waals surface area contributed by atoms with Gasteiger partial charge in [-0.25, -0.2) is 0 Å². The number of hydrogen-bond donors (Lipinski definition) is 2. The molecule has 2 aliphatic heterocycles. The summed E-state index contributed by atoms with van der Waals surface area (Å²) >= 11 is 0. The normalized spacial score (nSPS) is 18.2. The van der Waals surface area contributed by atoms with E-state index in [0.29, 0.717) is 12.4 Å². The van der Waals surface area contributed by atoms with E-state index in [1.807, 2.05) is 31.2 Å². The quantitative estimate of drug-likeness (QED) is 0.555. The SMILES string of the molecule is CC1=C(c2cccc(O)c2)C(c2ccc(OCCN3CCCC3)cn2)Oc2ccc(O)cc21. The number of fused-ring (bicyclic) bond motifs is 1. The van der Waals surface area contributed by atoms with E-state index in [0.717, 1.165) is 53.4 Å². The van der Waals surface area contributed by atoms with Gasteiger partial charge in [0.1, 0.15) is 29.6 Å². The van der Waals surface area contributed by atoms with Gasteiger partial charge in [0.05, 0.1) is 11.9 Å². The third-order valence-electron chi connectivity index (χ3n) is 6.34. The zero-order valence-electron chi connectivity index (χ0n) is 18.7. The molecular weight excluding hydrogens is 416 g/mol. The van der Waals surface area contributed by atoms with Crippen LogP contribution in [0.25, 0.3) is 11.1 Å². The number of phenolic OH excluding ortho intramolecular Hbond substituents is 2. The molecule has 33 heavy (non-hydrogen) atoms. The van der Waals surface area contributed by atoms with E-state index in [1.165, 1.54) is 12.8 Å². The molecule has 0 saturated carbocycles. The Morgan fingerprint density at radius 3 is 2.61 bits per heavy atom. The predicted octanol–water partition coefficient (Wildman–Crippen LogP) is 5.03. The average molecular weight is 445 g/mol. The van der Waals surface area contributed by atoms with Crippen molar-refractivity contribution in [1.82, 2.24) is 9.88 Å². The first-order valence-corrected chi connectivity index (χ1v) is 11.4. The molecule has 2 aliphatic rings. The van der Waals surface area contributed by atoms with Crippen LogP contribution in [0.1, 0.15) is 42.7 Å². The fourth-order valence-electron chi connectivity index (χ4n) is 4.62. The van der Waals surface area contributed by atoms with Crippen molar-refractivity contribution in [2.75, 3.05) is 26.2 Å². The lowest BCUT2D eigenvalue weighted by atomic mass is 9.87. The Morgan fingerprint density at radius 1 is 1.03 bits per heavy atom. The van der Waals surface area contributed by atoms with Gasteiger partial charge in [-0.2, -0.15) is 0 Å². The highest BCUT2D eigenvalue weighted by Crippen LogP contribution is 2.47. The minimum atomic E-state index is -0.456. The van der Waals surface area contributed by atoms with Crippen LogP contribution in [0, 0.1) is 0 Å². The molecule has 3 heterocycles. The highest BCUT2D eigenvalue weighted by atomic mass is 16.5. The first kappa shape index (κ1) is 21.3. The number of allylic oxidation sites excluding steroid dienone is 1. The predicted molar refractivity (Wildman–Crippen MR) is 127 cm³/mol. The molecule has 1 fully saturated rings. The Kier molecular flexibility index (Phi) is 5.92. The number of nitrogens with zero attached hydrogens (tertiary/aromatic N) is 2. The van der Waals surface area contributed by atoms with Crippen LogP contribution in [0.2, 0.25) is 0 Å². The summed E-state index contributed by atoms with van der Waals surface area (Å²) in [4.78, 5) is 7.08. The maximum absolute atomic E-state index is 10.1. The monoisotopic (exact) mass is 444 g/mol. The van der Waals surface area contributed by atoms with Crippen molar-refractivity contribution >= 4 is 11.1 Å². The highest BCUT2D eigenvalue weighted by molar-refractivity contribution is 5.95. The number of phenols is 2. The summed E-state index contributed by atoms with van der Waals surface area (Å²) in [5.74, 6) is 1.78. The molecule has 6 heteroatoms. The number of benzene rings is 2. The third kappa shape index (κ3) is 4.52. The Labute approximate surface area is 193 Å². The van der Waals surface area contributed by atoms with Crippen LogP contribution in [0.3, 0.4) is 0 Å². The second kappa shape index (κ2) is 9.16. The van der Waals surface area contributed by atoms with Crippen molar-refractivity contribution in [3.63, 3.8) is 0 Å². The second-order valence-electron chi connectivity index (χ2n) is 8.58. The Balaban J connectivity index is 1.43. The van der Waals surface area contributed by atoms with Crippen LogP contribution in [-0.4, -0.2) is 46.3 Å². The molecule has 1 aromatic heterocycles. The minimum absolute atomic E-state index is 0.180. The molecule has 1 unspecified atom stereocenters. The topological polar surface area (TPSA) is 75.1 Å². The summed E-state index contributed by atoms with van der Waals surface area (Å²) in [7, 11) is 0. The number of ether oxygens (including phenoxy) is 2. The molecule has 6 nitrogen and oxygen atoms in total. The molecule has 170 valence electrons. The number of aromatic hydroxyl groups is 2. The van der Waals surface area contributed by atoms with Crippen LogP contribution in [0.15, 0.2) is 60.8 Å². The van der Waals surface area contributed by atoms with Gasteiger partial charge in [0.25, 0.3) is 0 Å². The maximum Gasteiger partial charge on any atom is 0.166 e. The van der Waals surface area contributed by atoms with E-state index in [4.69, 9.17) is 9.47 Å². The van der Waals surface area contributed by atoms with Crippen LogP contribution >= 0.6 is 0 Å². The van der Waals surface area contributed by atoms with Crippen molar-refractivity contribution in [1.29, 1.82) is 0 Å². The first-order chi connectivity index (χ1) is 16.1. The Morgan fingerprint density at radius 2 is 1.85 bits per heavy atom. The molecule has 0 aliphatic carbocycles. The molecule has 0 spiro atoms. The molecular formula is C27H28N2O4. The van der Waals surface area contributed by atoms with E-state index in [-0.39, 0.29) is 11.5 Å². The van der Waals surface area contributed by atoms with Gasteiger partial charge in [-0.05, 0) is 86.5 Å². The molecule has 1 atom stereocenters. The van der Waals surface area contributed by atoms with Crippen molar-refractivity contribution in [2.45, 2.75) is 25.9 Å². The van der Waals surface area contributed by atoms with Crippen molar-refractivity contribution in [3.8, 4) is 23.0 Å². The largest absolute Gasteiger partial charge is 0.508 e. The summed E-state index contributed by atoms with van der Waals surface area (Å²) in [6.07, 6.45) is 3.83. The van der Waals surface area contributed by atoms with Crippen molar-refractivity contribution < 1.29 is 19.7 Å². The fourth-order valence-corrected chi connectivity index (χ4v) is 4.62. The first-order valence-electron chi connectivity index (χ1n) is 11.4. The lowest BCUT2D eigenvalue weighted by Gasteiger charge is -2.30. The maximum atomic E-state index is 10.1. The molecule has 3 aromatic rings. The van der Waals surface area contributed by atoms with Crippen LogP contribution in [0.4, 0.5) is 0 Å². The van der Waals surface area contributed by atoms with Gasteiger partial charge in [0, 0.05) is 17.7 Å². The zero-order valence-corrected chi connectivity index (χ0v) is 18.7. The van der Waals surface area contributed by atoms with Crippen LogP contribution in [0.5, 0.6) is 23.0 Å². The molecule has 2 aromatic carbocycles. The smallest absolute Gasteiger partial charge is 0.166 e. The van der Waals surface area contributed by atoms with Gasteiger partial charge in [0.15, 0.2) is 6.10 Å². The summed E-state index contributed by atoms with van der Waals surface area (Å²) in [6.45, 7) is 5.89. The van der Waals surface area contributed by atoms with Gasteiger partial charge in [0.2, 0.25) is 0 Å². The van der Waals surface area contributed by atoms with E-state index < -0.39 is 6.10 Å². The zero-order chi connectivity index (χ0) is 22.8. The van der Waals surface area contributed by atoms with Crippen LogP contribution in [-0.2, 0) is 0 Å². The third-order valence-corrected chi connectivity index (χ3v) is 6.34. The summed E-state index contributed by atoms with van der Waals surface area (Å²) < 4.78 is 12.3. The molecule has 0 radical (unpaired) electrons. The van der Waals surface area contributed by atoms with Gasteiger partial charge in [-0.15, -0.1) is 0 Å². The van der Waals surface area contributed by atoms with Gasteiger partial charge in [-0.3, -0.25) is 9.88 Å². The Bertz CT molecular complexity index is 1170. The fraction of sp³-hybridized carbons (Fsp3) is 0.296. The number of aromatic nitrogens is 1. The van der Waals surface area contributed by atoms with E-state index in [1.54, 1.807) is 36.5 Å². The second-order valence-corrected chi connectivity index (χ2v) is 8.58. The number of pyridine rings is 1. The van der Waals surface area contributed by atoms with Gasteiger partial charge >= 0.3 is 0 Å². The van der Waals surface area contributed by atoms with Gasteiger partial charge < -0.3 is 19.7 Å². The number of rotatable bonds is 6. The van der Waals surface area contributed by atoms with E-state index in [2.05, 4.69) is 9.88 Å². The number of likely N-dealkylation sites (tertiary alicyclic amines) is 1. The summed E-state index contributed by atoms with van der Waals surface area (Å²) in [6, 6.07) is 16.1. The minimum Gasteiger partial charge on any atom is -0.508 e. The summed E-state index contributed by atoms with van der Waals surface area (Å²) in [5.41, 5.74) is 4.29. The molecule has 5 rings (SSSR count). The highest BCUT2D eigenvalue weighted by Gasteiger charge is 2.30. The standard InChI is InChI=1S/C27H28N2O4/c1-18-23-16-21(31)7-10-25(23)33-27(26(18)19-5-4-6-20(30)15-19)24-9-8-22(17-28-24)32-14-13-29-11-2-3-12-29/h4-10,15-17,27,30-31H,2-3,11-14H2,1H3. The number of hydrogen-bond acceptors (Lipinski definition) is 6. The molecule has 1 saturated heterocycles. The van der Waals surface area contributed by atoms with E-state index >= 15 is 0 Å². The van der Waals surface area contributed by atoms with Gasteiger partial charge in [-0.1, -0.05) is 12.1 Å². The Hall–Kier alpha value is -3.51. The molecule has 0 amide bonds. The lowest BCUT2D eigenvalue weighted by Crippen LogP contribution is -2.25. The average Bonchev–Trinajstić information content (AvgIpc) is 3.33. The van der Waals surface area contributed by atoms with Crippen molar-refractivity contribution in [2.24, 2.45) is 0 Å². The van der Waals surface area contributed by atoms with Crippen molar-refractivity contribution in [3.05, 3.63) is 77.6 Å². The summed E-state index contributed by atoms with van der Waals surface area (Å²) in [5, 5.41) is 20.1.